The summed E-state index contributed by atoms with van der Waals surface area (Å²) < 4.78 is 27.9. The van der Waals surface area contributed by atoms with E-state index in [4.69, 9.17) is 19.9 Å². The van der Waals surface area contributed by atoms with Crippen molar-refractivity contribution in [1.82, 2.24) is 10.6 Å². The van der Waals surface area contributed by atoms with Crippen LogP contribution in [0.25, 0.3) is 0 Å². The predicted octanol–water partition coefficient (Wildman–Crippen LogP) is 1.53. The molecule has 1 aliphatic heterocycles. The first kappa shape index (κ1) is 37.8. The second-order valence-corrected chi connectivity index (χ2v) is 13.0. The number of rotatable bonds is 7. The molecule has 0 radical (unpaired) electrons. The molecule has 6 atom stereocenters. The molecule has 250 valence electrons. The van der Waals surface area contributed by atoms with Crippen molar-refractivity contribution in [3.05, 3.63) is 58.5 Å². The highest BCUT2D eigenvalue weighted by molar-refractivity contribution is 7.51. The lowest BCUT2D eigenvalue weighted by Gasteiger charge is -2.30. The number of fused-ring (bicyclic) bond motifs is 2. The molecule has 0 saturated carbocycles. The molecule has 0 saturated heterocycles. The van der Waals surface area contributed by atoms with Crippen molar-refractivity contribution in [2.24, 2.45) is 17.6 Å². The Balaban J connectivity index is 2.61. The summed E-state index contributed by atoms with van der Waals surface area (Å²) >= 11 is 0. The highest BCUT2D eigenvalue weighted by atomic mass is 31.2. The van der Waals surface area contributed by atoms with Crippen LogP contribution in [0.4, 0.5) is 4.79 Å². The lowest BCUT2D eigenvalue weighted by Crippen LogP contribution is -2.38. The number of carbonyl (C=O) groups excluding carboxylic acids is 4. The maximum atomic E-state index is 13.6. The van der Waals surface area contributed by atoms with Crippen LogP contribution in [0.1, 0.15) is 40.5 Å². The normalized spacial score (nSPS) is 30.8. The molecule has 0 aromatic heterocycles. The minimum atomic E-state index is -4.39. The van der Waals surface area contributed by atoms with Gasteiger partial charge in [-0.15, -0.1) is 0 Å². The zero-order valence-corrected chi connectivity index (χ0v) is 27.2. The van der Waals surface area contributed by atoms with Gasteiger partial charge in [-0.1, -0.05) is 38.2 Å². The number of ketones is 2. The highest BCUT2D eigenvalue weighted by Crippen LogP contribution is 2.33. The van der Waals surface area contributed by atoms with Gasteiger partial charge < -0.3 is 45.5 Å². The van der Waals surface area contributed by atoms with Crippen molar-refractivity contribution >= 4 is 31.2 Å². The highest BCUT2D eigenvalue weighted by Gasteiger charge is 2.33. The molecule has 2 rings (SSSR count). The van der Waals surface area contributed by atoms with E-state index in [2.05, 4.69) is 10.6 Å². The van der Waals surface area contributed by atoms with Crippen LogP contribution in [0.3, 0.4) is 0 Å². The molecule has 2 aliphatic rings. The third-order valence-corrected chi connectivity index (χ3v) is 8.30. The Bertz CT molecular complexity index is 1340. The van der Waals surface area contributed by atoms with Gasteiger partial charge in [0.15, 0.2) is 6.10 Å². The average Bonchev–Trinajstić information content (AvgIpc) is 2.95. The zero-order valence-electron chi connectivity index (χ0n) is 26.3. The van der Waals surface area contributed by atoms with Crippen molar-refractivity contribution in [1.29, 1.82) is 0 Å². The van der Waals surface area contributed by atoms with E-state index >= 15 is 0 Å². The minimum absolute atomic E-state index is 0.0213. The van der Waals surface area contributed by atoms with E-state index in [9.17, 15) is 38.6 Å². The van der Waals surface area contributed by atoms with Gasteiger partial charge in [0.1, 0.15) is 6.10 Å². The second-order valence-electron chi connectivity index (χ2n) is 11.2. The van der Waals surface area contributed by atoms with Crippen LogP contribution in [0, 0.1) is 11.8 Å². The van der Waals surface area contributed by atoms with E-state index in [1.807, 2.05) is 0 Å². The Labute approximate surface area is 262 Å². The molecule has 1 aliphatic carbocycles. The Kier molecular flexibility index (Phi) is 14.1. The number of carbonyl (C=O) groups is 4. The summed E-state index contributed by atoms with van der Waals surface area (Å²) in [6.45, 7) is 6.46. The maximum absolute atomic E-state index is 13.6. The lowest BCUT2D eigenvalue weighted by molar-refractivity contribution is -0.120. The van der Waals surface area contributed by atoms with Gasteiger partial charge in [0.2, 0.25) is 11.6 Å². The van der Waals surface area contributed by atoms with Crippen LogP contribution in [0.2, 0.25) is 0 Å². The first-order chi connectivity index (χ1) is 21.0. The number of nitrogens with two attached hydrogens (primary N) is 1. The molecule has 0 fully saturated rings. The summed E-state index contributed by atoms with van der Waals surface area (Å²) in [6.07, 6.45) is 2.27. The van der Waals surface area contributed by atoms with E-state index in [1.54, 1.807) is 32.9 Å². The maximum Gasteiger partial charge on any atom is 0.405 e. The molecule has 0 spiro atoms. The van der Waals surface area contributed by atoms with E-state index in [1.165, 1.54) is 33.3 Å². The van der Waals surface area contributed by atoms with Crippen LogP contribution in [-0.2, 0) is 33.2 Å². The number of methoxy groups -OCH3 is 2. The lowest BCUT2D eigenvalue weighted by atomic mass is 9.85. The number of hydrogen-bond acceptors (Lipinski definition) is 10. The smallest absolute Gasteiger partial charge is 0.405 e. The summed E-state index contributed by atoms with van der Waals surface area (Å²) in [7, 11) is -1.56. The number of ether oxygens (including phenoxy) is 3. The summed E-state index contributed by atoms with van der Waals surface area (Å²) in [5.41, 5.74) is 5.68. The number of amides is 2. The number of hydrogen-bond donors (Lipinski definition) is 6. The standard InChI is InChI=1S/C30H44N3O11P/c1-16-12-20-25(32-10-11-45(39,40)41)22(34)15-21(27(20)36)33-29(37)17(2)8-7-9-23(42-5)28(44-30(31)38)19(4)14-18(3)26(35)24(13-16)43-6/h7-9,14-16,18,23-24,26,28,32,35H,10-13H2,1-6H3,(H2,31,38)(H,33,37)(H2,39,40,41)/b9-7-,17-8+,19-14+/t16-,18+,23+,24+,26-,28+/m1/s1. The van der Waals surface area contributed by atoms with Gasteiger partial charge in [-0.3, -0.25) is 18.9 Å². The molecular formula is C30H44N3O11P. The fourth-order valence-corrected chi connectivity index (χ4v) is 5.51. The van der Waals surface area contributed by atoms with E-state index < -0.39 is 67.7 Å². The molecule has 45 heavy (non-hydrogen) atoms. The van der Waals surface area contributed by atoms with Gasteiger partial charge >= 0.3 is 13.7 Å². The van der Waals surface area contributed by atoms with Gasteiger partial charge in [0, 0.05) is 43.9 Å². The van der Waals surface area contributed by atoms with E-state index in [-0.39, 0.29) is 47.8 Å². The van der Waals surface area contributed by atoms with Crippen LogP contribution < -0.4 is 16.4 Å². The molecule has 2 amide bonds. The minimum Gasteiger partial charge on any atom is -0.439 e. The molecule has 1 heterocycles. The zero-order chi connectivity index (χ0) is 34.1. The number of aliphatic hydroxyl groups is 1. The van der Waals surface area contributed by atoms with Crippen LogP contribution in [-0.4, -0.2) is 89.8 Å². The van der Waals surface area contributed by atoms with E-state index in [0.29, 0.717) is 5.57 Å². The molecule has 14 nitrogen and oxygen atoms in total. The van der Waals surface area contributed by atoms with Crippen molar-refractivity contribution < 1.29 is 52.8 Å². The third-order valence-electron chi connectivity index (χ3n) is 7.50. The third kappa shape index (κ3) is 11.2. The van der Waals surface area contributed by atoms with Gasteiger partial charge in [-0.05, 0) is 38.2 Å². The Hall–Kier alpha value is -3.39. The molecule has 15 heteroatoms. The number of nitrogens with one attached hydrogen (secondary N) is 2. The molecule has 0 aromatic rings. The Morgan fingerprint density at radius 1 is 1.16 bits per heavy atom. The van der Waals surface area contributed by atoms with Gasteiger partial charge in [-0.25, -0.2) is 4.79 Å². The van der Waals surface area contributed by atoms with E-state index in [0.717, 1.165) is 6.08 Å². The summed E-state index contributed by atoms with van der Waals surface area (Å²) in [6, 6.07) is 0. The van der Waals surface area contributed by atoms with Crippen LogP contribution >= 0.6 is 7.60 Å². The van der Waals surface area contributed by atoms with Crippen molar-refractivity contribution in [3.63, 3.8) is 0 Å². The molecule has 2 bridgehead atoms. The monoisotopic (exact) mass is 653 g/mol. The Morgan fingerprint density at radius 2 is 1.82 bits per heavy atom. The van der Waals surface area contributed by atoms with Crippen molar-refractivity contribution in [3.8, 4) is 0 Å². The summed E-state index contributed by atoms with van der Waals surface area (Å²) in [5, 5.41) is 16.4. The van der Waals surface area contributed by atoms with Crippen molar-refractivity contribution in [2.75, 3.05) is 26.9 Å². The number of primary amides is 1. The number of aliphatic hydroxyl groups excluding tert-OH is 1. The van der Waals surface area contributed by atoms with Gasteiger partial charge in [0.05, 0.1) is 29.8 Å². The van der Waals surface area contributed by atoms with Crippen LogP contribution in [0.5, 0.6) is 0 Å². The average molecular weight is 654 g/mol. The molecule has 7 N–H and O–H groups in total. The first-order valence-electron chi connectivity index (χ1n) is 14.4. The SMILES string of the molecule is CO[C@H]1/C=C\C=C(/C)C(=O)NC2=CC(=O)C(NCCP(=O)(O)O)=C(C[C@@H](C)C[C@H](OC)[C@H](O)[C@@H](C)/C=C(\C)[C@@H]1OC(N)=O)C2=O. The fourth-order valence-electron chi connectivity index (χ4n) is 5.11. The summed E-state index contributed by atoms with van der Waals surface area (Å²) in [4.78, 5) is 70.0. The predicted molar refractivity (Wildman–Crippen MR) is 164 cm³/mol. The van der Waals surface area contributed by atoms with Gasteiger partial charge in [-0.2, -0.15) is 0 Å². The largest absolute Gasteiger partial charge is 0.439 e. The molecular weight excluding hydrogens is 609 g/mol. The van der Waals surface area contributed by atoms with Crippen LogP contribution in [0.15, 0.2) is 58.5 Å². The molecule has 0 unspecified atom stereocenters. The molecule has 0 aromatic carbocycles. The first-order valence-corrected chi connectivity index (χ1v) is 16.2. The fraction of sp³-hybridized carbons (Fsp3) is 0.533. The quantitative estimate of drug-likeness (QED) is 0.131. The van der Waals surface area contributed by atoms with Gasteiger partial charge in [0.25, 0.3) is 5.91 Å². The summed E-state index contributed by atoms with van der Waals surface area (Å²) in [5.74, 6) is -2.81. The number of Topliss-reactive ketones (excluding diaryl/α,β-unsaturated/α-hetero) is 1. The topological polar surface area (TPSA) is 224 Å². The number of allylic oxidation sites excluding steroid dienone is 4. The Morgan fingerprint density at radius 3 is 2.40 bits per heavy atom. The second kappa shape index (κ2) is 16.8. The van der Waals surface area contributed by atoms with Crippen molar-refractivity contribution in [2.45, 2.75) is 65.0 Å².